The molecular formula is C29H26O. The molecule has 0 aromatic heterocycles. The van der Waals surface area contributed by atoms with Gasteiger partial charge in [-0.05, 0) is 46.2 Å². The number of hydrogen-bond donors (Lipinski definition) is 0. The second kappa shape index (κ2) is 8.59. The molecule has 30 heavy (non-hydrogen) atoms. The van der Waals surface area contributed by atoms with Crippen LogP contribution in [0.2, 0.25) is 0 Å². The van der Waals surface area contributed by atoms with Crippen molar-refractivity contribution in [1.29, 1.82) is 0 Å². The van der Waals surface area contributed by atoms with Crippen LogP contribution in [0.4, 0.5) is 0 Å². The monoisotopic (exact) mass is 390 g/mol. The molecule has 1 heterocycles. The van der Waals surface area contributed by atoms with E-state index in [4.69, 9.17) is 4.74 Å². The van der Waals surface area contributed by atoms with Crippen molar-refractivity contribution in [3.8, 4) is 5.75 Å². The van der Waals surface area contributed by atoms with E-state index in [1.54, 1.807) is 0 Å². The Kier molecular flexibility index (Phi) is 5.35. The van der Waals surface area contributed by atoms with Gasteiger partial charge in [-0.1, -0.05) is 97.1 Å². The van der Waals surface area contributed by atoms with Crippen LogP contribution in [0.15, 0.2) is 97.1 Å². The quantitative estimate of drug-likeness (QED) is 0.370. The minimum Gasteiger partial charge on any atom is -0.493 e. The summed E-state index contributed by atoms with van der Waals surface area (Å²) in [6, 6.07) is 34.8. The molecule has 0 saturated carbocycles. The van der Waals surface area contributed by atoms with Crippen molar-refractivity contribution in [2.24, 2.45) is 0 Å². The average molecular weight is 391 g/mol. The first-order chi connectivity index (χ1) is 14.9. The van der Waals surface area contributed by atoms with E-state index in [0.717, 1.165) is 38.0 Å². The summed E-state index contributed by atoms with van der Waals surface area (Å²) in [6.07, 6.45) is 3.80. The molecule has 1 aliphatic rings. The normalized spacial score (nSPS) is 12.4. The van der Waals surface area contributed by atoms with Crippen LogP contribution in [-0.2, 0) is 25.7 Å². The Morgan fingerprint density at radius 1 is 0.567 bits per heavy atom. The summed E-state index contributed by atoms with van der Waals surface area (Å²) < 4.78 is 6.19. The van der Waals surface area contributed by atoms with Gasteiger partial charge in [-0.2, -0.15) is 0 Å². The van der Waals surface area contributed by atoms with E-state index < -0.39 is 0 Å². The third-order valence-corrected chi connectivity index (χ3v) is 5.97. The van der Waals surface area contributed by atoms with Crippen LogP contribution in [0.25, 0.3) is 0 Å². The topological polar surface area (TPSA) is 9.23 Å². The van der Waals surface area contributed by atoms with Gasteiger partial charge in [-0.15, -0.1) is 0 Å². The summed E-state index contributed by atoms with van der Waals surface area (Å²) in [5.41, 5.74) is 9.63. The van der Waals surface area contributed by atoms with Crippen molar-refractivity contribution >= 4 is 0 Å². The molecule has 0 unspecified atom stereocenters. The summed E-state index contributed by atoms with van der Waals surface area (Å²) in [5.74, 6) is 1.13. The Labute approximate surface area is 179 Å². The largest absolute Gasteiger partial charge is 0.493 e. The van der Waals surface area contributed by atoms with Crippen molar-refractivity contribution in [3.05, 3.63) is 136 Å². The highest BCUT2D eigenvalue weighted by molar-refractivity contribution is 5.56. The molecule has 0 amide bonds. The molecule has 0 fully saturated rings. The highest BCUT2D eigenvalue weighted by Crippen LogP contribution is 2.38. The smallest absolute Gasteiger partial charge is 0.126 e. The van der Waals surface area contributed by atoms with Crippen molar-refractivity contribution < 1.29 is 4.74 Å². The summed E-state index contributed by atoms with van der Waals surface area (Å²) in [5, 5.41) is 0. The molecule has 0 saturated heterocycles. The van der Waals surface area contributed by atoms with Crippen LogP contribution < -0.4 is 4.74 Å². The van der Waals surface area contributed by atoms with E-state index in [9.17, 15) is 0 Å². The summed E-state index contributed by atoms with van der Waals surface area (Å²) in [6.45, 7) is 0.788. The maximum atomic E-state index is 6.19. The lowest BCUT2D eigenvalue weighted by atomic mass is 9.86. The Hall–Kier alpha value is -3.32. The summed E-state index contributed by atoms with van der Waals surface area (Å²) in [7, 11) is 0. The first-order valence-corrected chi connectivity index (χ1v) is 10.8. The predicted molar refractivity (Wildman–Crippen MR) is 123 cm³/mol. The zero-order valence-corrected chi connectivity index (χ0v) is 17.2. The van der Waals surface area contributed by atoms with Crippen LogP contribution >= 0.6 is 0 Å². The third-order valence-electron chi connectivity index (χ3n) is 5.97. The van der Waals surface area contributed by atoms with E-state index >= 15 is 0 Å². The molecule has 1 heteroatoms. The Morgan fingerprint density at radius 3 is 1.63 bits per heavy atom. The molecule has 0 radical (unpaired) electrons. The molecule has 4 aromatic carbocycles. The SMILES string of the molecule is c1ccc(Cc2cc3c(c(Cc4ccccc4)c2Cc2ccccc2)OCC3)cc1. The molecule has 0 N–H and O–H groups in total. The molecule has 1 aliphatic heterocycles. The molecule has 4 aromatic rings. The maximum absolute atomic E-state index is 6.19. The molecular weight excluding hydrogens is 364 g/mol. The second-order valence-electron chi connectivity index (χ2n) is 8.07. The van der Waals surface area contributed by atoms with Crippen molar-refractivity contribution in [3.63, 3.8) is 0 Å². The van der Waals surface area contributed by atoms with Gasteiger partial charge in [-0.25, -0.2) is 0 Å². The highest BCUT2D eigenvalue weighted by Gasteiger charge is 2.23. The molecule has 5 rings (SSSR count). The number of rotatable bonds is 6. The predicted octanol–water partition coefficient (Wildman–Crippen LogP) is 6.39. The van der Waals surface area contributed by atoms with Crippen LogP contribution in [0.1, 0.15) is 38.9 Å². The van der Waals surface area contributed by atoms with Gasteiger partial charge in [0, 0.05) is 18.4 Å². The van der Waals surface area contributed by atoms with Crippen LogP contribution in [0.3, 0.4) is 0 Å². The molecule has 0 spiro atoms. The minimum absolute atomic E-state index is 0.788. The lowest BCUT2D eigenvalue weighted by Crippen LogP contribution is -2.06. The van der Waals surface area contributed by atoms with Gasteiger partial charge >= 0.3 is 0 Å². The van der Waals surface area contributed by atoms with E-state index in [1.807, 2.05) is 0 Å². The highest BCUT2D eigenvalue weighted by atomic mass is 16.5. The van der Waals surface area contributed by atoms with E-state index in [2.05, 4.69) is 97.1 Å². The van der Waals surface area contributed by atoms with Crippen molar-refractivity contribution in [2.75, 3.05) is 6.61 Å². The number of benzene rings is 4. The fraction of sp³-hybridized carbons (Fsp3) is 0.172. The Morgan fingerprint density at radius 2 is 1.07 bits per heavy atom. The number of hydrogen-bond acceptors (Lipinski definition) is 1. The first-order valence-electron chi connectivity index (χ1n) is 10.8. The lowest BCUT2D eigenvalue weighted by molar-refractivity contribution is 0.353. The minimum atomic E-state index is 0.788. The van der Waals surface area contributed by atoms with Gasteiger partial charge < -0.3 is 4.74 Å². The van der Waals surface area contributed by atoms with Crippen LogP contribution in [0, 0.1) is 0 Å². The molecule has 148 valence electrons. The lowest BCUT2D eigenvalue weighted by Gasteiger charge is -2.19. The van der Waals surface area contributed by atoms with Gasteiger partial charge in [0.15, 0.2) is 0 Å². The van der Waals surface area contributed by atoms with Crippen LogP contribution in [-0.4, -0.2) is 6.61 Å². The molecule has 0 atom stereocenters. The standard InChI is InChI=1S/C29H26O/c1-4-10-22(11-5-1)18-26-21-25-16-17-30-29(25)28(20-24-14-8-3-9-15-24)27(26)19-23-12-6-2-7-13-23/h1-15,21H,16-20H2. The summed E-state index contributed by atoms with van der Waals surface area (Å²) >= 11 is 0. The van der Waals surface area contributed by atoms with Gasteiger partial charge in [0.25, 0.3) is 0 Å². The third kappa shape index (κ3) is 4.02. The van der Waals surface area contributed by atoms with Gasteiger partial charge in [0.1, 0.15) is 5.75 Å². The fourth-order valence-corrected chi connectivity index (χ4v) is 4.50. The van der Waals surface area contributed by atoms with Gasteiger partial charge in [0.05, 0.1) is 6.61 Å². The number of fused-ring (bicyclic) bond motifs is 1. The second-order valence-corrected chi connectivity index (χ2v) is 8.07. The van der Waals surface area contributed by atoms with E-state index in [1.165, 1.54) is 38.9 Å². The average Bonchev–Trinajstić information content (AvgIpc) is 3.26. The van der Waals surface area contributed by atoms with Crippen molar-refractivity contribution in [2.45, 2.75) is 25.7 Å². The first kappa shape index (κ1) is 18.7. The van der Waals surface area contributed by atoms with Crippen LogP contribution in [0.5, 0.6) is 5.75 Å². The zero-order chi connectivity index (χ0) is 20.2. The van der Waals surface area contributed by atoms with Gasteiger partial charge in [-0.3, -0.25) is 0 Å². The zero-order valence-electron chi connectivity index (χ0n) is 17.2. The molecule has 1 nitrogen and oxygen atoms in total. The Balaban J connectivity index is 1.64. The number of ether oxygens (including phenoxy) is 1. The van der Waals surface area contributed by atoms with E-state index in [0.29, 0.717) is 0 Å². The van der Waals surface area contributed by atoms with E-state index in [-0.39, 0.29) is 0 Å². The Bertz CT molecular complexity index is 1120. The maximum Gasteiger partial charge on any atom is 0.126 e. The molecule has 0 aliphatic carbocycles. The van der Waals surface area contributed by atoms with Crippen molar-refractivity contribution in [1.82, 2.24) is 0 Å². The summed E-state index contributed by atoms with van der Waals surface area (Å²) in [4.78, 5) is 0. The molecule has 0 bridgehead atoms. The fourth-order valence-electron chi connectivity index (χ4n) is 4.50. The van der Waals surface area contributed by atoms with Gasteiger partial charge in [0.2, 0.25) is 0 Å².